The number of aryl methyl sites for hydroxylation is 2. The van der Waals surface area contributed by atoms with Gasteiger partial charge in [-0.1, -0.05) is 67.9 Å². The lowest BCUT2D eigenvalue weighted by atomic mass is 9.93. The zero-order valence-electron chi connectivity index (χ0n) is 12.0. The summed E-state index contributed by atoms with van der Waals surface area (Å²) < 4.78 is 0. The lowest BCUT2D eigenvalue weighted by molar-refractivity contribution is 0.745. The zero-order chi connectivity index (χ0) is 14.2. The van der Waals surface area contributed by atoms with Gasteiger partial charge in [-0.2, -0.15) is 5.26 Å². The number of hydrogen-bond acceptors (Lipinski definition) is 1. The molecule has 0 heterocycles. The van der Waals surface area contributed by atoms with Crippen LogP contribution >= 0.6 is 0 Å². The molecule has 0 radical (unpaired) electrons. The maximum absolute atomic E-state index is 9.35. The van der Waals surface area contributed by atoms with Gasteiger partial charge < -0.3 is 0 Å². The topological polar surface area (TPSA) is 23.8 Å². The summed E-state index contributed by atoms with van der Waals surface area (Å²) in [5.74, 6) is -0.00830. The summed E-state index contributed by atoms with van der Waals surface area (Å²) >= 11 is 0. The highest BCUT2D eigenvalue weighted by Gasteiger charge is 2.10. The van der Waals surface area contributed by atoms with E-state index in [2.05, 4.69) is 37.3 Å². The number of hydrogen-bond donors (Lipinski definition) is 0. The van der Waals surface area contributed by atoms with Crippen LogP contribution in [0.1, 0.15) is 42.4 Å². The van der Waals surface area contributed by atoms with Crippen molar-refractivity contribution in [2.45, 2.75) is 38.5 Å². The quantitative estimate of drug-likeness (QED) is 0.728. The Morgan fingerprint density at radius 2 is 1.65 bits per heavy atom. The molecule has 20 heavy (non-hydrogen) atoms. The molecule has 2 aromatic carbocycles. The first-order chi connectivity index (χ1) is 9.83. The van der Waals surface area contributed by atoms with E-state index in [-0.39, 0.29) is 5.92 Å². The number of benzene rings is 2. The van der Waals surface area contributed by atoms with Crippen LogP contribution in [0, 0.1) is 11.3 Å². The van der Waals surface area contributed by atoms with E-state index in [1.54, 1.807) is 0 Å². The van der Waals surface area contributed by atoms with Gasteiger partial charge in [-0.3, -0.25) is 0 Å². The van der Waals surface area contributed by atoms with E-state index in [4.69, 9.17) is 0 Å². The largest absolute Gasteiger partial charge is 0.198 e. The Morgan fingerprint density at radius 3 is 2.30 bits per heavy atom. The summed E-state index contributed by atoms with van der Waals surface area (Å²) in [7, 11) is 0. The van der Waals surface area contributed by atoms with Gasteiger partial charge in [0.2, 0.25) is 0 Å². The van der Waals surface area contributed by atoms with Gasteiger partial charge in [-0.05, 0) is 36.0 Å². The third-order valence-electron chi connectivity index (χ3n) is 3.61. The lowest BCUT2D eigenvalue weighted by Crippen LogP contribution is -1.98. The molecule has 0 saturated carbocycles. The van der Waals surface area contributed by atoms with Crippen molar-refractivity contribution < 1.29 is 0 Å². The fourth-order valence-electron chi connectivity index (χ4n) is 2.53. The van der Waals surface area contributed by atoms with Crippen LogP contribution in [0.4, 0.5) is 0 Å². The molecule has 102 valence electrons. The standard InChI is InChI=1S/C19H21N/c1-2-7-16-8-6-9-17(14-16)12-13-19(15-20)18-10-4-3-5-11-18/h3-6,8-11,14,19H,2,7,12-13H2,1H3/t19-/m0/s1. The first-order valence-corrected chi connectivity index (χ1v) is 7.36. The fourth-order valence-corrected chi connectivity index (χ4v) is 2.53. The smallest absolute Gasteiger partial charge is 0.0715 e. The zero-order valence-corrected chi connectivity index (χ0v) is 12.0. The molecule has 2 rings (SSSR count). The van der Waals surface area contributed by atoms with Gasteiger partial charge in [-0.15, -0.1) is 0 Å². The molecule has 1 nitrogen and oxygen atoms in total. The van der Waals surface area contributed by atoms with Gasteiger partial charge in [0.05, 0.1) is 12.0 Å². The van der Waals surface area contributed by atoms with Gasteiger partial charge >= 0.3 is 0 Å². The van der Waals surface area contributed by atoms with Crippen LogP contribution in [0.15, 0.2) is 54.6 Å². The van der Waals surface area contributed by atoms with Crippen LogP contribution in [0.5, 0.6) is 0 Å². The number of nitrogens with zero attached hydrogens (tertiary/aromatic N) is 1. The fraction of sp³-hybridized carbons (Fsp3) is 0.316. The minimum Gasteiger partial charge on any atom is -0.198 e. The molecule has 0 aliphatic heterocycles. The molecule has 0 aromatic heterocycles. The molecule has 0 aliphatic rings. The van der Waals surface area contributed by atoms with Gasteiger partial charge in [0.1, 0.15) is 0 Å². The minimum absolute atomic E-state index is 0.00830. The van der Waals surface area contributed by atoms with E-state index >= 15 is 0 Å². The van der Waals surface area contributed by atoms with Gasteiger partial charge in [0.25, 0.3) is 0 Å². The first-order valence-electron chi connectivity index (χ1n) is 7.36. The number of nitriles is 1. The van der Waals surface area contributed by atoms with Crippen LogP contribution < -0.4 is 0 Å². The highest BCUT2D eigenvalue weighted by atomic mass is 14.3. The maximum atomic E-state index is 9.35. The van der Waals surface area contributed by atoms with Crippen LogP contribution in [-0.2, 0) is 12.8 Å². The average Bonchev–Trinajstić information content (AvgIpc) is 2.50. The second-order valence-electron chi connectivity index (χ2n) is 5.20. The summed E-state index contributed by atoms with van der Waals surface area (Å²) in [5, 5.41) is 9.35. The molecule has 0 saturated heterocycles. The van der Waals surface area contributed by atoms with E-state index < -0.39 is 0 Å². The predicted octanol–water partition coefficient (Wildman–Crippen LogP) is 4.88. The second kappa shape index (κ2) is 7.50. The summed E-state index contributed by atoms with van der Waals surface area (Å²) in [4.78, 5) is 0. The molecule has 0 unspecified atom stereocenters. The van der Waals surface area contributed by atoms with Crippen molar-refractivity contribution in [1.29, 1.82) is 5.26 Å². The number of rotatable bonds is 6. The molecule has 0 N–H and O–H groups in total. The van der Waals surface area contributed by atoms with E-state index in [9.17, 15) is 5.26 Å². The Kier molecular flexibility index (Phi) is 5.38. The van der Waals surface area contributed by atoms with Crippen molar-refractivity contribution in [3.63, 3.8) is 0 Å². The van der Waals surface area contributed by atoms with Crippen molar-refractivity contribution in [3.05, 3.63) is 71.3 Å². The normalized spacial score (nSPS) is 11.8. The highest BCUT2D eigenvalue weighted by Crippen LogP contribution is 2.21. The molecule has 1 heteroatoms. The summed E-state index contributed by atoms with van der Waals surface area (Å²) in [5.41, 5.74) is 3.87. The molecule has 1 atom stereocenters. The summed E-state index contributed by atoms with van der Waals surface area (Å²) in [6, 6.07) is 21.3. The Morgan fingerprint density at radius 1 is 0.950 bits per heavy atom. The summed E-state index contributed by atoms with van der Waals surface area (Å²) in [6.45, 7) is 2.20. The van der Waals surface area contributed by atoms with Gasteiger partial charge in [-0.25, -0.2) is 0 Å². The van der Waals surface area contributed by atoms with E-state index in [1.165, 1.54) is 17.5 Å². The molecule has 0 spiro atoms. The molecule has 0 fully saturated rings. The first kappa shape index (κ1) is 14.3. The van der Waals surface area contributed by atoms with Crippen LogP contribution in [0.25, 0.3) is 0 Å². The third-order valence-corrected chi connectivity index (χ3v) is 3.61. The second-order valence-corrected chi connectivity index (χ2v) is 5.20. The Bertz CT molecular complexity index is 566. The minimum atomic E-state index is -0.00830. The predicted molar refractivity (Wildman–Crippen MR) is 83.6 cm³/mol. The molecular weight excluding hydrogens is 242 g/mol. The van der Waals surface area contributed by atoms with Crippen LogP contribution in [-0.4, -0.2) is 0 Å². The van der Waals surface area contributed by atoms with Crippen molar-refractivity contribution in [1.82, 2.24) is 0 Å². The molecular formula is C19H21N. The van der Waals surface area contributed by atoms with E-state index in [1.807, 2.05) is 30.3 Å². The van der Waals surface area contributed by atoms with Crippen molar-refractivity contribution >= 4 is 0 Å². The molecule has 0 bridgehead atoms. The Balaban J connectivity index is 2.00. The van der Waals surface area contributed by atoms with Crippen LogP contribution in [0.3, 0.4) is 0 Å². The third kappa shape index (κ3) is 3.96. The maximum Gasteiger partial charge on any atom is 0.0715 e. The van der Waals surface area contributed by atoms with E-state index in [0.29, 0.717) is 0 Å². The monoisotopic (exact) mass is 263 g/mol. The van der Waals surface area contributed by atoms with Crippen molar-refractivity contribution in [3.8, 4) is 6.07 Å². The van der Waals surface area contributed by atoms with Crippen molar-refractivity contribution in [2.24, 2.45) is 0 Å². The Hall–Kier alpha value is -2.07. The Labute approximate surface area is 121 Å². The van der Waals surface area contributed by atoms with Crippen LogP contribution in [0.2, 0.25) is 0 Å². The lowest BCUT2D eigenvalue weighted by Gasteiger charge is -2.10. The molecule has 0 aliphatic carbocycles. The molecule has 2 aromatic rings. The summed E-state index contributed by atoms with van der Waals surface area (Å²) in [6.07, 6.45) is 4.16. The SMILES string of the molecule is CCCc1cccc(CC[C@@H](C#N)c2ccccc2)c1. The highest BCUT2D eigenvalue weighted by molar-refractivity contribution is 5.27. The van der Waals surface area contributed by atoms with Crippen molar-refractivity contribution in [2.75, 3.05) is 0 Å². The average molecular weight is 263 g/mol. The van der Waals surface area contributed by atoms with Gasteiger partial charge in [0.15, 0.2) is 0 Å². The van der Waals surface area contributed by atoms with Gasteiger partial charge in [0, 0.05) is 0 Å². The molecule has 0 amide bonds. The van der Waals surface area contributed by atoms with E-state index in [0.717, 1.165) is 24.8 Å².